The molecular weight excluding hydrogens is 263 g/mol. The van der Waals surface area contributed by atoms with Crippen LogP contribution in [0.25, 0.3) is 0 Å². The molecule has 4 heteroatoms. The van der Waals surface area contributed by atoms with Gasteiger partial charge >= 0.3 is 0 Å². The fourth-order valence-electron chi connectivity index (χ4n) is 1.56. The summed E-state index contributed by atoms with van der Waals surface area (Å²) in [7, 11) is 0. The molecule has 0 aromatic heterocycles. The molecule has 1 fully saturated rings. The van der Waals surface area contributed by atoms with E-state index in [9.17, 15) is 4.39 Å². The highest BCUT2D eigenvalue weighted by atomic mass is 79.9. The molecule has 1 aliphatic heterocycles. The lowest BCUT2D eigenvalue weighted by atomic mass is 10.2. The van der Waals surface area contributed by atoms with Gasteiger partial charge in [0.1, 0.15) is 6.10 Å². The van der Waals surface area contributed by atoms with Crippen LogP contribution in [0.5, 0.6) is 5.75 Å². The van der Waals surface area contributed by atoms with Crippen LogP contribution in [0.4, 0.5) is 4.39 Å². The Hall–Kier alpha value is -0.610. The van der Waals surface area contributed by atoms with Gasteiger partial charge < -0.3 is 9.47 Å². The maximum Gasteiger partial charge on any atom is 0.165 e. The summed E-state index contributed by atoms with van der Waals surface area (Å²) in [5.74, 6) is 0.0451. The Morgan fingerprint density at radius 1 is 1.53 bits per heavy atom. The van der Waals surface area contributed by atoms with Gasteiger partial charge in [-0.1, -0.05) is 28.1 Å². The zero-order chi connectivity index (χ0) is 10.7. The van der Waals surface area contributed by atoms with Crippen molar-refractivity contribution in [3.8, 4) is 5.75 Å². The third kappa shape index (κ3) is 2.49. The van der Waals surface area contributed by atoms with Crippen molar-refractivity contribution in [2.24, 2.45) is 0 Å². The van der Waals surface area contributed by atoms with E-state index < -0.39 is 0 Å². The summed E-state index contributed by atoms with van der Waals surface area (Å²) in [5, 5.41) is 0.591. The first-order chi connectivity index (χ1) is 7.31. The number of halogens is 2. The normalized spacial score (nSPS) is 20.5. The van der Waals surface area contributed by atoms with E-state index >= 15 is 0 Å². The van der Waals surface area contributed by atoms with Gasteiger partial charge in [0, 0.05) is 17.3 Å². The van der Waals surface area contributed by atoms with Gasteiger partial charge in [0.05, 0.1) is 13.2 Å². The molecule has 1 unspecified atom stereocenters. The van der Waals surface area contributed by atoms with E-state index in [4.69, 9.17) is 9.47 Å². The van der Waals surface area contributed by atoms with Crippen molar-refractivity contribution in [1.29, 1.82) is 0 Å². The Labute approximate surface area is 96.5 Å². The van der Waals surface area contributed by atoms with E-state index in [-0.39, 0.29) is 11.9 Å². The second kappa shape index (κ2) is 4.94. The lowest BCUT2D eigenvalue weighted by molar-refractivity contribution is 0.137. The summed E-state index contributed by atoms with van der Waals surface area (Å²) in [6.45, 7) is 1.25. The molecule has 0 amide bonds. The maximum absolute atomic E-state index is 13.5. The topological polar surface area (TPSA) is 18.5 Å². The van der Waals surface area contributed by atoms with Crippen LogP contribution in [0.1, 0.15) is 12.0 Å². The van der Waals surface area contributed by atoms with Gasteiger partial charge in [0.15, 0.2) is 11.6 Å². The first-order valence-electron chi connectivity index (χ1n) is 4.89. The Bertz CT molecular complexity index is 337. The minimum Gasteiger partial charge on any atom is -0.485 e. The van der Waals surface area contributed by atoms with Crippen molar-refractivity contribution in [1.82, 2.24) is 0 Å². The van der Waals surface area contributed by atoms with E-state index in [1.165, 1.54) is 6.07 Å². The molecule has 2 nitrogen and oxygen atoms in total. The van der Waals surface area contributed by atoms with E-state index in [1.807, 2.05) is 6.07 Å². The van der Waals surface area contributed by atoms with E-state index in [1.54, 1.807) is 6.07 Å². The predicted molar refractivity (Wildman–Crippen MR) is 58.9 cm³/mol. The van der Waals surface area contributed by atoms with Crippen molar-refractivity contribution in [3.63, 3.8) is 0 Å². The van der Waals surface area contributed by atoms with E-state index in [0.717, 1.165) is 12.0 Å². The van der Waals surface area contributed by atoms with Crippen LogP contribution >= 0.6 is 15.9 Å². The number of rotatable bonds is 3. The Kier molecular flexibility index (Phi) is 3.59. The lowest BCUT2D eigenvalue weighted by Crippen LogP contribution is -2.17. The third-order valence-electron chi connectivity index (χ3n) is 2.36. The highest BCUT2D eigenvalue weighted by molar-refractivity contribution is 9.08. The molecule has 0 saturated carbocycles. The zero-order valence-corrected chi connectivity index (χ0v) is 9.80. The fourth-order valence-corrected chi connectivity index (χ4v) is 2.00. The molecule has 0 aliphatic carbocycles. The first-order valence-corrected chi connectivity index (χ1v) is 6.01. The van der Waals surface area contributed by atoms with Crippen molar-refractivity contribution < 1.29 is 13.9 Å². The number of alkyl halides is 1. The summed E-state index contributed by atoms with van der Waals surface area (Å²) in [6.07, 6.45) is 0.815. The molecule has 82 valence electrons. The van der Waals surface area contributed by atoms with E-state index in [2.05, 4.69) is 15.9 Å². The van der Waals surface area contributed by atoms with Crippen LogP contribution in [-0.2, 0) is 10.1 Å². The highest BCUT2D eigenvalue weighted by Crippen LogP contribution is 2.27. The minimum atomic E-state index is -0.307. The average molecular weight is 275 g/mol. The van der Waals surface area contributed by atoms with Crippen molar-refractivity contribution >= 4 is 15.9 Å². The highest BCUT2D eigenvalue weighted by Gasteiger charge is 2.20. The summed E-state index contributed by atoms with van der Waals surface area (Å²) in [4.78, 5) is 0. The van der Waals surface area contributed by atoms with Crippen molar-refractivity contribution in [3.05, 3.63) is 29.6 Å². The van der Waals surface area contributed by atoms with Gasteiger partial charge in [0.2, 0.25) is 0 Å². The van der Waals surface area contributed by atoms with Crippen molar-refractivity contribution in [2.75, 3.05) is 13.2 Å². The maximum atomic E-state index is 13.5. The molecule has 1 aromatic rings. The number of hydrogen-bond acceptors (Lipinski definition) is 2. The van der Waals surface area contributed by atoms with E-state index in [0.29, 0.717) is 24.3 Å². The van der Waals surface area contributed by atoms with Gasteiger partial charge in [-0.25, -0.2) is 4.39 Å². The van der Waals surface area contributed by atoms with Crippen LogP contribution in [0.15, 0.2) is 18.2 Å². The molecule has 1 saturated heterocycles. The molecule has 0 radical (unpaired) electrons. The molecule has 1 atom stereocenters. The van der Waals surface area contributed by atoms with Gasteiger partial charge in [-0.2, -0.15) is 0 Å². The molecule has 0 spiro atoms. The summed E-state index contributed by atoms with van der Waals surface area (Å²) in [6, 6.07) is 4.95. The second-order valence-corrected chi connectivity index (χ2v) is 4.03. The molecule has 0 bridgehead atoms. The monoisotopic (exact) mass is 274 g/mol. The summed E-state index contributed by atoms with van der Waals surface area (Å²) < 4.78 is 24.3. The molecule has 2 rings (SSSR count). The molecule has 1 aliphatic rings. The second-order valence-electron chi connectivity index (χ2n) is 3.47. The SMILES string of the molecule is Fc1cccc(CBr)c1OC1CCOC1. The molecular formula is C11H12BrFO2. The molecule has 15 heavy (non-hydrogen) atoms. The largest absolute Gasteiger partial charge is 0.485 e. The predicted octanol–water partition coefficient (Wildman–Crippen LogP) is 2.89. The van der Waals surface area contributed by atoms with Gasteiger partial charge in [-0.05, 0) is 6.07 Å². The number of ether oxygens (including phenoxy) is 2. The molecule has 1 aromatic carbocycles. The Morgan fingerprint density at radius 3 is 3.07 bits per heavy atom. The summed E-state index contributed by atoms with van der Waals surface area (Å²) >= 11 is 3.31. The van der Waals surface area contributed by atoms with Crippen LogP contribution in [0, 0.1) is 5.82 Å². The van der Waals surface area contributed by atoms with Gasteiger partial charge in [-0.15, -0.1) is 0 Å². The summed E-state index contributed by atoms with van der Waals surface area (Å²) in [5.41, 5.74) is 0.835. The number of benzene rings is 1. The molecule has 1 heterocycles. The number of para-hydroxylation sites is 1. The first kappa shape index (κ1) is 10.9. The number of hydrogen-bond donors (Lipinski definition) is 0. The van der Waals surface area contributed by atoms with Crippen molar-refractivity contribution in [2.45, 2.75) is 17.9 Å². The quantitative estimate of drug-likeness (QED) is 0.790. The third-order valence-corrected chi connectivity index (χ3v) is 2.97. The minimum absolute atomic E-state index is 0.0142. The fraction of sp³-hybridized carbons (Fsp3) is 0.455. The van der Waals surface area contributed by atoms with Crippen LogP contribution < -0.4 is 4.74 Å². The zero-order valence-electron chi connectivity index (χ0n) is 8.21. The van der Waals surface area contributed by atoms with Crippen LogP contribution in [-0.4, -0.2) is 19.3 Å². The van der Waals surface area contributed by atoms with Gasteiger partial charge in [-0.3, -0.25) is 0 Å². The van der Waals surface area contributed by atoms with Crippen LogP contribution in [0.2, 0.25) is 0 Å². The molecule has 0 N–H and O–H groups in total. The Balaban J connectivity index is 2.17. The van der Waals surface area contributed by atoms with Crippen LogP contribution in [0.3, 0.4) is 0 Å². The Morgan fingerprint density at radius 2 is 2.40 bits per heavy atom. The smallest absolute Gasteiger partial charge is 0.165 e. The van der Waals surface area contributed by atoms with Gasteiger partial charge in [0.25, 0.3) is 0 Å². The average Bonchev–Trinajstić information content (AvgIpc) is 2.74. The lowest BCUT2D eigenvalue weighted by Gasteiger charge is -2.15. The standard InChI is InChI=1S/C11H12BrFO2/c12-6-8-2-1-3-10(13)11(8)15-9-4-5-14-7-9/h1-3,9H,4-7H2.